The second kappa shape index (κ2) is 5.65. The Labute approximate surface area is 94.6 Å². The first-order valence-electron chi connectivity index (χ1n) is 5.70. The lowest BCUT2D eigenvalue weighted by atomic mass is 10.2. The van der Waals surface area contributed by atoms with Crippen LogP contribution in [-0.2, 0) is 16.0 Å². The van der Waals surface area contributed by atoms with Gasteiger partial charge in [-0.3, -0.25) is 4.79 Å². The molecule has 0 bridgehead atoms. The molecule has 88 valence electrons. The van der Waals surface area contributed by atoms with Gasteiger partial charge in [-0.1, -0.05) is 0 Å². The molecule has 16 heavy (non-hydrogen) atoms. The maximum absolute atomic E-state index is 11.5. The number of nitrogens with zero attached hydrogens (tertiary/aromatic N) is 1. The molecule has 1 saturated heterocycles. The van der Waals surface area contributed by atoms with Gasteiger partial charge in [0, 0.05) is 31.5 Å². The number of ether oxygens (including phenoxy) is 1. The summed E-state index contributed by atoms with van der Waals surface area (Å²) in [6.07, 6.45) is 6.95. The van der Waals surface area contributed by atoms with Gasteiger partial charge < -0.3 is 15.0 Å². The minimum atomic E-state index is 0.0742. The summed E-state index contributed by atoms with van der Waals surface area (Å²) in [5, 5.41) is 2.89. The zero-order chi connectivity index (χ0) is 11.2. The van der Waals surface area contributed by atoms with Crippen molar-refractivity contribution in [3.05, 3.63) is 18.2 Å². The molecule has 0 spiro atoms. The Morgan fingerprint density at radius 2 is 2.62 bits per heavy atom. The molecule has 0 aromatic carbocycles. The van der Waals surface area contributed by atoms with Crippen molar-refractivity contribution in [1.29, 1.82) is 0 Å². The Morgan fingerprint density at radius 1 is 1.69 bits per heavy atom. The third-order valence-electron chi connectivity index (χ3n) is 2.73. The molecule has 2 heterocycles. The highest BCUT2D eigenvalue weighted by Gasteiger charge is 2.15. The van der Waals surface area contributed by atoms with E-state index < -0.39 is 0 Å². The zero-order valence-corrected chi connectivity index (χ0v) is 9.24. The molecule has 1 atom stereocenters. The largest absolute Gasteiger partial charge is 0.376 e. The van der Waals surface area contributed by atoms with E-state index in [4.69, 9.17) is 4.74 Å². The molecule has 1 fully saturated rings. The maximum atomic E-state index is 11.5. The second-order valence-corrected chi connectivity index (χ2v) is 4.02. The van der Waals surface area contributed by atoms with Crippen LogP contribution in [0, 0.1) is 0 Å². The molecule has 1 aromatic rings. The highest BCUT2D eigenvalue weighted by molar-refractivity contribution is 5.76. The number of aryl methyl sites for hydroxylation is 1. The number of nitrogens with one attached hydrogen (secondary N) is 2. The highest BCUT2D eigenvalue weighted by Crippen LogP contribution is 2.10. The third kappa shape index (κ3) is 3.34. The molecular weight excluding hydrogens is 206 g/mol. The Bertz CT molecular complexity index is 318. The molecule has 0 radical (unpaired) electrons. The number of aromatic amines is 1. The molecule has 2 rings (SSSR count). The number of amides is 1. The van der Waals surface area contributed by atoms with Crippen molar-refractivity contribution in [3.63, 3.8) is 0 Å². The van der Waals surface area contributed by atoms with E-state index in [1.807, 2.05) is 0 Å². The van der Waals surface area contributed by atoms with Crippen LogP contribution in [0.5, 0.6) is 0 Å². The normalized spacial score (nSPS) is 19.9. The smallest absolute Gasteiger partial charge is 0.220 e. The minimum Gasteiger partial charge on any atom is -0.376 e. The molecule has 1 amide bonds. The van der Waals surface area contributed by atoms with Crippen LogP contribution >= 0.6 is 0 Å². The van der Waals surface area contributed by atoms with Crippen LogP contribution in [0.1, 0.15) is 25.0 Å². The van der Waals surface area contributed by atoms with E-state index in [0.29, 0.717) is 19.4 Å². The van der Waals surface area contributed by atoms with Crippen molar-refractivity contribution in [1.82, 2.24) is 15.3 Å². The summed E-state index contributed by atoms with van der Waals surface area (Å²) in [5.41, 5.74) is 0.993. The molecule has 0 saturated carbocycles. The average molecular weight is 223 g/mol. The van der Waals surface area contributed by atoms with Gasteiger partial charge in [0.2, 0.25) is 5.91 Å². The van der Waals surface area contributed by atoms with E-state index in [1.165, 1.54) is 0 Å². The van der Waals surface area contributed by atoms with Crippen molar-refractivity contribution in [2.45, 2.75) is 31.8 Å². The van der Waals surface area contributed by atoms with Crippen LogP contribution in [0.2, 0.25) is 0 Å². The first-order chi connectivity index (χ1) is 7.84. The Kier molecular flexibility index (Phi) is 3.93. The van der Waals surface area contributed by atoms with Crippen molar-refractivity contribution in [3.8, 4) is 0 Å². The Balaban J connectivity index is 1.60. The van der Waals surface area contributed by atoms with Gasteiger partial charge in [-0.25, -0.2) is 4.98 Å². The summed E-state index contributed by atoms with van der Waals surface area (Å²) >= 11 is 0. The van der Waals surface area contributed by atoms with Gasteiger partial charge in [-0.15, -0.1) is 0 Å². The fourth-order valence-corrected chi connectivity index (χ4v) is 1.79. The Hall–Kier alpha value is -1.36. The van der Waals surface area contributed by atoms with Gasteiger partial charge in [-0.05, 0) is 19.3 Å². The van der Waals surface area contributed by atoms with E-state index in [9.17, 15) is 4.79 Å². The molecule has 1 aromatic heterocycles. The van der Waals surface area contributed by atoms with E-state index >= 15 is 0 Å². The topological polar surface area (TPSA) is 67.0 Å². The molecule has 5 heteroatoms. The number of carbonyl (C=O) groups excluding carboxylic acids is 1. The van der Waals surface area contributed by atoms with Crippen LogP contribution < -0.4 is 5.32 Å². The van der Waals surface area contributed by atoms with Gasteiger partial charge in [0.15, 0.2) is 0 Å². The summed E-state index contributed by atoms with van der Waals surface area (Å²) < 4.78 is 5.42. The van der Waals surface area contributed by atoms with E-state index in [-0.39, 0.29) is 12.0 Å². The van der Waals surface area contributed by atoms with Gasteiger partial charge in [0.05, 0.1) is 12.4 Å². The highest BCUT2D eigenvalue weighted by atomic mass is 16.5. The standard InChI is InChI=1S/C11H17N3O2/c15-11(4-3-9-6-12-8-14-9)13-7-10-2-1-5-16-10/h6,8,10H,1-5,7H2,(H,12,14)(H,13,15). The fraction of sp³-hybridized carbons (Fsp3) is 0.636. The summed E-state index contributed by atoms with van der Waals surface area (Å²) in [4.78, 5) is 18.4. The predicted octanol–water partition coefficient (Wildman–Crippen LogP) is 0.637. The second-order valence-electron chi connectivity index (χ2n) is 4.02. The van der Waals surface area contributed by atoms with Gasteiger partial charge in [0.25, 0.3) is 0 Å². The van der Waals surface area contributed by atoms with Crippen LogP contribution in [-0.4, -0.2) is 35.1 Å². The van der Waals surface area contributed by atoms with Crippen molar-refractivity contribution >= 4 is 5.91 Å². The van der Waals surface area contributed by atoms with Crippen molar-refractivity contribution in [2.75, 3.05) is 13.2 Å². The monoisotopic (exact) mass is 223 g/mol. The van der Waals surface area contributed by atoms with Gasteiger partial charge in [0.1, 0.15) is 0 Å². The van der Waals surface area contributed by atoms with E-state index in [1.54, 1.807) is 12.5 Å². The lowest BCUT2D eigenvalue weighted by Gasteiger charge is -2.10. The molecule has 1 aliphatic rings. The average Bonchev–Trinajstić information content (AvgIpc) is 2.96. The molecule has 1 unspecified atom stereocenters. The maximum Gasteiger partial charge on any atom is 0.220 e. The molecule has 1 aliphatic heterocycles. The first kappa shape index (κ1) is 11.1. The van der Waals surface area contributed by atoms with E-state index in [0.717, 1.165) is 25.1 Å². The third-order valence-corrected chi connectivity index (χ3v) is 2.73. The molecule has 2 N–H and O–H groups in total. The van der Waals surface area contributed by atoms with Crippen LogP contribution in [0.3, 0.4) is 0 Å². The summed E-state index contributed by atoms with van der Waals surface area (Å²) in [5.74, 6) is 0.0742. The first-order valence-corrected chi connectivity index (χ1v) is 5.70. The summed E-state index contributed by atoms with van der Waals surface area (Å²) in [6.45, 7) is 1.47. The number of carbonyl (C=O) groups is 1. The van der Waals surface area contributed by atoms with Crippen LogP contribution in [0.15, 0.2) is 12.5 Å². The van der Waals surface area contributed by atoms with Gasteiger partial charge >= 0.3 is 0 Å². The Morgan fingerprint density at radius 3 is 3.31 bits per heavy atom. The van der Waals surface area contributed by atoms with Crippen LogP contribution in [0.4, 0.5) is 0 Å². The van der Waals surface area contributed by atoms with Gasteiger partial charge in [-0.2, -0.15) is 0 Å². The number of hydrogen-bond donors (Lipinski definition) is 2. The number of H-pyrrole nitrogens is 1. The van der Waals surface area contributed by atoms with Crippen molar-refractivity contribution in [2.24, 2.45) is 0 Å². The SMILES string of the molecule is O=C(CCc1cnc[nH]1)NCC1CCCO1. The number of hydrogen-bond acceptors (Lipinski definition) is 3. The number of imidazole rings is 1. The van der Waals surface area contributed by atoms with E-state index in [2.05, 4.69) is 15.3 Å². The number of rotatable bonds is 5. The fourth-order valence-electron chi connectivity index (χ4n) is 1.79. The minimum absolute atomic E-state index is 0.0742. The zero-order valence-electron chi connectivity index (χ0n) is 9.24. The molecular formula is C11H17N3O2. The molecule has 0 aliphatic carbocycles. The summed E-state index contributed by atoms with van der Waals surface area (Å²) in [7, 11) is 0. The lowest BCUT2D eigenvalue weighted by molar-refractivity contribution is -0.121. The number of aromatic nitrogens is 2. The summed E-state index contributed by atoms with van der Waals surface area (Å²) in [6, 6.07) is 0. The predicted molar refractivity (Wildman–Crippen MR) is 58.9 cm³/mol. The van der Waals surface area contributed by atoms with Crippen molar-refractivity contribution < 1.29 is 9.53 Å². The lowest BCUT2D eigenvalue weighted by Crippen LogP contribution is -2.31. The molecule has 5 nitrogen and oxygen atoms in total. The van der Waals surface area contributed by atoms with Crippen LogP contribution in [0.25, 0.3) is 0 Å². The quantitative estimate of drug-likeness (QED) is 0.769.